The van der Waals surface area contributed by atoms with Gasteiger partial charge in [0.1, 0.15) is 0 Å². The minimum absolute atomic E-state index is 0.152. The van der Waals surface area contributed by atoms with Crippen molar-refractivity contribution in [2.45, 2.75) is 39.3 Å². The van der Waals surface area contributed by atoms with Gasteiger partial charge in [-0.1, -0.05) is 30.3 Å². The molecule has 1 aromatic carbocycles. The lowest BCUT2D eigenvalue weighted by Crippen LogP contribution is -2.34. The Balaban J connectivity index is 2.53. The van der Waals surface area contributed by atoms with Crippen LogP contribution < -0.4 is 5.32 Å². The third-order valence-corrected chi connectivity index (χ3v) is 2.87. The van der Waals surface area contributed by atoms with Crippen molar-refractivity contribution in [3.63, 3.8) is 0 Å². The van der Waals surface area contributed by atoms with E-state index < -0.39 is 0 Å². The van der Waals surface area contributed by atoms with Gasteiger partial charge in [-0.15, -0.1) is 0 Å². The Morgan fingerprint density at radius 3 is 2.00 bits per heavy atom. The van der Waals surface area contributed by atoms with E-state index in [0.29, 0.717) is 19.8 Å². The zero-order chi connectivity index (χ0) is 15.5. The maximum absolute atomic E-state index is 11.6. The third-order valence-electron chi connectivity index (χ3n) is 2.87. The summed E-state index contributed by atoms with van der Waals surface area (Å²) in [5, 5.41) is 3.21. The van der Waals surface area contributed by atoms with E-state index in [0.717, 1.165) is 5.56 Å². The van der Waals surface area contributed by atoms with E-state index in [1.165, 1.54) is 0 Å². The number of ether oxygens (including phenoxy) is 2. The van der Waals surface area contributed by atoms with Crippen LogP contribution in [0.1, 0.15) is 32.3 Å². The van der Waals surface area contributed by atoms with Crippen LogP contribution in [0.4, 0.5) is 0 Å². The molecular formula is C16H23NO4. The molecule has 1 aromatic rings. The summed E-state index contributed by atoms with van der Waals surface area (Å²) in [6.07, 6.45) is 0.305. The summed E-state index contributed by atoms with van der Waals surface area (Å²) in [7, 11) is 0. The van der Waals surface area contributed by atoms with Crippen LogP contribution in [0.15, 0.2) is 30.3 Å². The Morgan fingerprint density at radius 1 is 1.00 bits per heavy atom. The quantitative estimate of drug-likeness (QED) is 0.706. The lowest BCUT2D eigenvalue weighted by molar-refractivity contribution is -0.145. The second kappa shape index (κ2) is 9.94. The van der Waals surface area contributed by atoms with E-state index in [9.17, 15) is 9.59 Å². The summed E-state index contributed by atoms with van der Waals surface area (Å²) in [6.45, 7) is 4.78. The van der Waals surface area contributed by atoms with Crippen molar-refractivity contribution in [3.8, 4) is 0 Å². The fourth-order valence-corrected chi connectivity index (χ4v) is 1.92. The molecule has 0 saturated heterocycles. The van der Waals surface area contributed by atoms with Crippen molar-refractivity contribution in [2.24, 2.45) is 0 Å². The van der Waals surface area contributed by atoms with Crippen molar-refractivity contribution in [1.29, 1.82) is 0 Å². The van der Waals surface area contributed by atoms with Gasteiger partial charge in [-0.05, 0) is 19.4 Å². The molecule has 0 aliphatic heterocycles. The molecule has 0 aromatic heterocycles. The van der Waals surface area contributed by atoms with Gasteiger partial charge in [-0.25, -0.2) is 0 Å². The van der Waals surface area contributed by atoms with Gasteiger partial charge < -0.3 is 14.8 Å². The number of hydrogen-bond acceptors (Lipinski definition) is 5. The number of hydrogen-bond donors (Lipinski definition) is 1. The molecular weight excluding hydrogens is 270 g/mol. The van der Waals surface area contributed by atoms with Crippen molar-refractivity contribution < 1.29 is 19.1 Å². The minimum Gasteiger partial charge on any atom is -0.466 e. The van der Waals surface area contributed by atoms with Crippen molar-refractivity contribution >= 4 is 11.9 Å². The summed E-state index contributed by atoms with van der Waals surface area (Å²) in [6, 6.07) is 9.52. The summed E-state index contributed by atoms with van der Waals surface area (Å²) in [5.41, 5.74) is 1.09. The van der Waals surface area contributed by atoms with Gasteiger partial charge in [0.05, 0.1) is 26.1 Å². The van der Waals surface area contributed by atoms with Crippen LogP contribution in [0.2, 0.25) is 0 Å². The molecule has 0 aliphatic rings. The van der Waals surface area contributed by atoms with Crippen molar-refractivity contribution in [3.05, 3.63) is 35.9 Å². The smallest absolute Gasteiger partial charge is 0.307 e. The summed E-state index contributed by atoms with van der Waals surface area (Å²) >= 11 is 0. The number of carbonyl (C=O) groups excluding carboxylic acids is 2. The van der Waals surface area contributed by atoms with Gasteiger partial charge in [0.25, 0.3) is 0 Å². The minimum atomic E-state index is -0.313. The molecule has 0 spiro atoms. The molecule has 0 unspecified atom stereocenters. The topological polar surface area (TPSA) is 64.6 Å². The lowest BCUT2D eigenvalue weighted by atomic mass is 10.1. The van der Waals surface area contributed by atoms with Crippen LogP contribution in [0, 0.1) is 0 Å². The number of rotatable bonds is 9. The molecule has 0 amide bonds. The van der Waals surface area contributed by atoms with E-state index in [-0.39, 0.29) is 30.8 Å². The Labute approximate surface area is 125 Å². The lowest BCUT2D eigenvalue weighted by Gasteiger charge is -2.17. The van der Waals surface area contributed by atoms with E-state index in [4.69, 9.17) is 9.47 Å². The zero-order valence-corrected chi connectivity index (χ0v) is 12.6. The third kappa shape index (κ3) is 7.46. The SMILES string of the molecule is CCOC(=O)CC(CC(=O)OCC)NCc1ccccc1. The van der Waals surface area contributed by atoms with Crippen LogP contribution in [0.3, 0.4) is 0 Å². The summed E-state index contributed by atoms with van der Waals surface area (Å²) in [5.74, 6) is -0.625. The van der Waals surface area contributed by atoms with E-state index >= 15 is 0 Å². The number of esters is 2. The molecule has 1 rings (SSSR count). The monoisotopic (exact) mass is 293 g/mol. The zero-order valence-electron chi connectivity index (χ0n) is 12.6. The highest BCUT2D eigenvalue weighted by atomic mass is 16.5. The van der Waals surface area contributed by atoms with Gasteiger partial charge in [0.2, 0.25) is 0 Å². The van der Waals surface area contributed by atoms with E-state index in [1.807, 2.05) is 30.3 Å². The average molecular weight is 293 g/mol. The fraction of sp³-hybridized carbons (Fsp3) is 0.500. The molecule has 0 saturated carbocycles. The Hall–Kier alpha value is -1.88. The Kier molecular flexibility index (Phi) is 8.12. The molecule has 21 heavy (non-hydrogen) atoms. The van der Waals surface area contributed by atoms with Gasteiger partial charge in [-0.2, -0.15) is 0 Å². The predicted molar refractivity (Wildman–Crippen MR) is 79.6 cm³/mol. The maximum Gasteiger partial charge on any atom is 0.307 e. The van der Waals surface area contributed by atoms with Crippen LogP contribution >= 0.6 is 0 Å². The largest absolute Gasteiger partial charge is 0.466 e. The first-order chi connectivity index (χ1) is 10.2. The highest BCUT2D eigenvalue weighted by Crippen LogP contribution is 2.05. The van der Waals surface area contributed by atoms with Crippen LogP contribution in [-0.4, -0.2) is 31.2 Å². The highest BCUT2D eigenvalue weighted by Gasteiger charge is 2.18. The second-order valence-electron chi connectivity index (χ2n) is 4.58. The standard InChI is InChI=1S/C16H23NO4/c1-3-20-15(18)10-14(11-16(19)21-4-2)17-12-13-8-6-5-7-9-13/h5-9,14,17H,3-4,10-12H2,1-2H3. The fourth-order valence-electron chi connectivity index (χ4n) is 1.92. The first kappa shape index (κ1) is 17.2. The molecule has 0 radical (unpaired) electrons. The molecule has 0 atom stereocenters. The molecule has 0 bridgehead atoms. The van der Waals surface area contributed by atoms with Crippen LogP contribution in [0.25, 0.3) is 0 Å². The van der Waals surface area contributed by atoms with Gasteiger partial charge in [0.15, 0.2) is 0 Å². The second-order valence-corrected chi connectivity index (χ2v) is 4.58. The Bertz CT molecular complexity index is 413. The van der Waals surface area contributed by atoms with E-state index in [2.05, 4.69) is 5.32 Å². The first-order valence-electron chi connectivity index (χ1n) is 7.24. The van der Waals surface area contributed by atoms with Gasteiger partial charge in [-0.3, -0.25) is 9.59 Å². The maximum atomic E-state index is 11.6. The van der Waals surface area contributed by atoms with Crippen molar-refractivity contribution in [2.75, 3.05) is 13.2 Å². The number of benzene rings is 1. The molecule has 1 N–H and O–H groups in total. The van der Waals surface area contributed by atoms with Crippen LogP contribution in [-0.2, 0) is 25.6 Å². The number of nitrogens with one attached hydrogen (secondary N) is 1. The van der Waals surface area contributed by atoms with Crippen molar-refractivity contribution in [1.82, 2.24) is 5.32 Å². The summed E-state index contributed by atoms with van der Waals surface area (Å²) in [4.78, 5) is 23.2. The number of carbonyl (C=O) groups is 2. The molecule has 5 heteroatoms. The molecule has 0 aliphatic carbocycles. The molecule has 116 valence electrons. The van der Waals surface area contributed by atoms with E-state index in [1.54, 1.807) is 13.8 Å². The van der Waals surface area contributed by atoms with Gasteiger partial charge >= 0.3 is 11.9 Å². The molecule has 0 fully saturated rings. The first-order valence-corrected chi connectivity index (χ1v) is 7.24. The normalized spacial score (nSPS) is 10.4. The van der Waals surface area contributed by atoms with Crippen LogP contribution in [0.5, 0.6) is 0 Å². The summed E-state index contributed by atoms with van der Waals surface area (Å²) < 4.78 is 9.87. The predicted octanol–water partition coefficient (Wildman–Crippen LogP) is 2.05. The molecule has 5 nitrogen and oxygen atoms in total. The van der Waals surface area contributed by atoms with Gasteiger partial charge in [0, 0.05) is 12.6 Å². The molecule has 0 heterocycles. The average Bonchev–Trinajstić information content (AvgIpc) is 2.46. The Morgan fingerprint density at radius 2 is 1.52 bits per heavy atom. The highest BCUT2D eigenvalue weighted by molar-refractivity contribution is 5.74.